The molecule has 56 valence electrons. The van der Waals surface area contributed by atoms with Gasteiger partial charge in [-0.1, -0.05) is 13.8 Å². The van der Waals surface area contributed by atoms with Crippen LogP contribution in [0.1, 0.15) is 26.7 Å². The molecule has 1 rings (SSSR count). The number of allylic oxidation sites excluding steroid dienone is 1. The van der Waals surface area contributed by atoms with Crippen molar-refractivity contribution >= 4 is 5.78 Å². The van der Waals surface area contributed by atoms with Gasteiger partial charge in [0.25, 0.3) is 0 Å². The van der Waals surface area contributed by atoms with Crippen LogP contribution < -0.4 is 34.7 Å². The average Bonchev–Trinajstić information content (AvgIpc) is 2.10. The number of hydrogen-bond donors (Lipinski definition) is 0. The molecule has 0 N–H and O–H groups in total. The van der Waals surface area contributed by atoms with Crippen LogP contribution in [0.5, 0.6) is 0 Å². The fourth-order valence-corrected chi connectivity index (χ4v) is 1.22. The van der Waals surface area contributed by atoms with Crippen LogP contribution in [0, 0.1) is 5.41 Å². The summed E-state index contributed by atoms with van der Waals surface area (Å²) in [4.78, 5) is 11.2. The first-order valence-electron chi connectivity index (χ1n) is 3.44. The van der Waals surface area contributed by atoms with Crippen molar-refractivity contribution in [1.82, 2.24) is 0 Å². The summed E-state index contributed by atoms with van der Waals surface area (Å²) in [5.74, 6) is 0.0301. The second-order valence-corrected chi connectivity index (χ2v) is 3.36. The average molecular weight is 162 g/mol. The molecular weight excluding hydrogens is 151 g/mol. The van der Waals surface area contributed by atoms with E-state index in [-0.39, 0.29) is 40.8 Å². The van der Waals surface area contributed by atoms with Crippen molar-refractivity contribution in [2.75, 3.05) is 0 Å². The predicted molar refractivity (Wildman–Crippen MR) is 36.1 cm³/mol. The number of ketones is 1. The Hall–Kier alpha value is 0.210. The van der Waals surface area contributed by atoms with E-state index in [1.165, 1.54) is 0 Å². The number of hydrogen-bond acceptors (Lipinski definition) is 2. The molecule has 11 heavy (non-hydrogen) atoms. The zero-order valence-electron chi connectivity index (χ0n) is 7.31. The SMILES string of the molecule is CC1(C)CC/C(=C\[O-])C1=O.[Na+]. The van der Waals surface area contributed by atoms with Crippen molar-refractivity contribution in [3.05, 3.63) is 11.8 Å². The van der Waals surface area contributed by atoms with Crippen LogP contribution in [0.15, 0.2) is 11.8 Å². The molecule has 0 unspecified atom stereocenters. The van der Waals surface area contributed by atoms with Gasteiger partial charge in [0.15, 0.2) is 5.78 Å². The zero-order valence-corrected chi connectivity index (χ0v) is 9.31. The Morgan fingerprint density at radius 1 is 1.55 bits per heavy atom. The first kappa shape index (κ1) is 11.2. The van der Waals surface area contributed by atoms with Crippen LogP contribution in [-0.4, -0.2) is 5.78 Å². The summed E-state index contributed by atoms with van der Waals surface area (Å²) in [6.07, 6.45) is 2.17. The summed E-state index contributed by atoms with van der Waals surface area (Å²) in [6, 6.07) is 0. The van der Waals surface area contributed by atoms with E-state index in [2.05, 4.69) is 0 Å². The van der Waals surface area contributed by atoms with E-state index in [9.17, 15) is 9.90 Å². The van der Waals surface area contributed by atoms with Crippen LogP contribution in [0.3, 0.4) is 0 Å². The Balaban J connectivity index is 0.000001000. The number of carbonyl (C=O) groups excluding carboxylic acids is 1. The second-order valence-electron chi connectivity index (χ2n) is 3.36. The van der Waals surface area contributed by atoms with Gasteiger partial charge in [0.05, 0.1) is 0 Å². The minimum atomic E-state index is -0.282. The molecule has 0 aromatic rings. The predicted octanol–water partition coefficient (Wildman–Crippen LogP) is -2.38. The third-order valence-corrected chi connectivity index (χ3v) is 2.07. The summed E-state index contributed by atoms with van der Waals surface area (Å²) < 4.78 is 0. The summed E-state index contributed by atoms with van der Waals surface area (Å²) in [5.41, 5.74) is 0.181. The van der Waals surface area contributed by atoms with Gasteiger partial charge in [0, 0.05) is 5.41 Å². The third-order valence-electron chi connectivity index (χ3n) is 2.07. The topological polar surface area (TPSA) is 40.1 Å². The van der Waals surface area contributed by atoms with E-state index in [0.717, 1.165) is 6.42 Å². The molecule has 0 atom stereocenters. The Morgan fingerprint density at radius 3 is 2.27 bits per heavy atom. The molecule has 0 bridgehead atoms. The molecule has 0 spiro atoms. The third kappa shape index (κ3) is 2.08. The van der Waals surface area contributed by atoms with Gasteiger partial charge in [-0.2, -0.15) is 0 Å². The summed E-state index contributed by atoms with van der Waals surface area (Å²) >= 11 is 0. The quantitative estimate of drug-likeness (QED) is 0.227. The van der Waals surface area contributed by atoms with Crippen molar-refractivity contribution in [2.24, 2.45) is 5.41 Å². The van der Waals surface area contributed by atoms with Crippen molar-refractivity contribution in [1.29, 1.82) is 0 Å². The Bertz CT molecular complexity index is 194. The maximum atomic E-state index is 11.2. The smallest absolute Gasteiger partial charge is 0.878 e. The van der Waals surface area contributed by atoms with Gasteiger partial charge in [-0.3, -0.25) is 4.79 Å². The van der Waals surface area contributed by atoms with E-state index in [4.69, 9.17) is 0 Å². The van der Waals surface area contributed by atoms with E-state index >= 15 is 0 Å². The van der Waals surface area contributed by atoms with Gasteiger partial charge in [-0.05, 0) is 18.4 Å². The van der Waals surface area contributed by atoms with Crippen LogP contribution >= 0.6 is 0 Å². The monoisotopic (exact) mass is 162 g/mol. The summed E-state index contributed by atoms with van der Waals surface area (Å²) in [7, 11) is 0. The maximum absolute atomic E-state index is 11.2. The van der Waals surface area contributed by atoms with Crippen LogP contribution in [0.25, 0.3) is 0 Å². The van der Waals surface area contributed by atoms with Gasteiger partial charge < -0.3 is 5.11 Å². The van der Waals surface area contributed by atoms with Crippen LogP contribution in [0.2, 0.25) is 0 Å². The standard InChI is InChI=1S/C8H12O2.Na/c1-8(2)4-3-6(5-9)7(8)10;/h5,9H,3-4H2,1-2H3;/q;+1/p-1/b6-5+;. The van der Waals surface area contributed by atoms with Crippen molar-refractivity contribution in [3.8, 4) is 0 Å². The van der Waals surface area contributed by atoms with E-state index in [1.807, 2.05) is 13.8 Å². The van der Waals surface area contributed by atoms with Crippen molar-refractivity contribution in [3.63, 3.8) is 0 Å². The second kappa shape index (κ2) is 3.74. The molecule has 2 nitrogen and oxygen atoms in total. The molecule has 3 heteroatoms. The van der Waals surface area contributed by atoms with E-state index < -0.39 is 0 Å². The fraction of sp³-hybridized carbons (Fsp3) is 0.625. The molecule has 0 radical (unpaired) electrons. The Kier molecular flexibility index (Phi) is 3.82. The molecule has 1 aliphatic carbocycles. The number of Topliss-reactive ketones (excluding diaryl/α,β-unsaturated/α-hetero) is 1. The minimum Gasteiger partial charge on any atom is -0.878 e. The molecule has 0 aliphatic heterocycles. The van der Waals surface area contributed by atoms with Crippen LogP contribution in [0.4, 0.5) is 0 Å². The van der Waals surface area contributed by atoms with Crippen LogP contribution in [-0.2, 0) is 4.79 Å². The molecule has 0 amide bonds. The van der Waals surface area contributed by atoms with Crippen molar-refractivity contribution < 1.29 is 39.5 Å². The summed E-state index contributed by atoms with van der Waals surface area (Å²) in [6.45, 7) is 3.76. The Morgan fingerprint density at radius 2 is 2.09 bits per heavy atom. The molecule has 1 aliphatic rings. The van der Waals surface area contributed by atoms with Crippen molar-refractivity contribution in [2.45, 2.75) is 26.7 Å². The molecule has 0 heterocycles. The zero-order chi connectivity index (χ0) is 7.78. The first-order valence-corrected chi connectivity index (χ1v) is 3.44. The molecule has 0 aromatic carbocycles. The first-order chi connectivity index (χ1) is 4.58. The van der Waals surface area contributed by atoms with E-state index in [0.29, 0.717) is 18.3 Å². The Labute approximate surface area is 89.0 Å². The van der Waals surface area contributed by atoms with Gasteiger partial charge in [-0.15, -0.1) is 6.26 Å². The van der Waals surface area contributed by atoms with Gasteiger partial charge in [-0.25, -0.2) is 0 Å². The van der Waals surface area contributed by atoms with Gasteiger partial charge in [0.2, 0.25) is 0 Å². The molecule has 1 fully saturated rings. The number of rotatable bonds is 0. The minimum absolute atomic E-state index is 0. The van der Waals surface area contributed by atoms with Gasteiger partial charge in [0.1, 0.15) is 0 Å². The molecule has 1 saturated carbocycles. The fourth-order valence-electron chi connectivity index (χ4n) is 1.22. The number of carbonyl (C=O) groups is 1. The van der Waals surface area contributed by atoms with Gasteiger partial charge >= 0.3 is 29.6 Å². The molecular formula is C8H11NaO2. The molecule has 0 aromatic heterocycles. The van der Waals surface area contributed by atoms with E-state index in [1.54, 1.807) is 0 Å². The maximum Gasteiger partial charge on any atom is 1.00 e. The molecule has 0 saturated heterocycles. The largest absolute Gasteiger partial charge is 1.00 e. The normalized spacial score (nSPS) is 25.3. The summed E-state index contributed by atoms with van der Waals surface area (Å²) in [5, 5.41) is 10.2.